The van der Waals surface area contributed by atoms with Gasteiger partial charge in [-0.25, -0.2) is 0 Å². The second-order valence-electron chi connectivity index (χ2n) is 1.12. The van der Waals surface area contributed by atoms with E-state index in [-0.39, 0.29) is 0 Å². The molecule has 0 radical (unpaired) electrons. The minimum absolute atomic E-state index is 1.18. The van der Waals surface area contributed by atoms with Crippen LogP contribution in [0.4, 0.5) is 0 Å². The molecule has 0 unspecified atom stereocenters. The molecule has 0 saturated carbocycles. The van der Waals surface area contributed by atoms with Crippen molar-refractivity contribution in [1.29, 1.82) is 10.5 Å². The monoisotopic (exact) mass is 132 g/mol. The molecule has 0 fully saturated rings. The van der Waals surface area contributed by atoms with Gasteiger partial charge in [-0.15, -0.1) is 0 Å². The minimum atomic E-state index is 1.18. The van der Waals surface area contributed by atoms with Crippen molar-refractivity contribution >= 4 is 0 Å². The molecule has 0 atom stereocenters. The molecule has 0 spiro atoms. The van der Waals surface area contributed by atoms with Crippen molar-refractivity contribution in [1.82, 2.24) is 0 Å². The van der Waals surface area contributed by atoms with Gasteiger partial charge in [0, 0.05) is 12.2 Å². The van der Waals surface area contributed by atoms with Gasteiger partial charge in [0.05, 0.1) is 24.5 Å². The maximum atomic E-state index is 7.96. The van der Waals surface area contributed by atoms with E-state index >= 15 is 0 Å². The quantitative estimate of drug-likeness (QED) is 0.422. The third-order valence-corrected chi connectivity index (χ3v) is 0.498. The summed E-state index contributed by atoms with van der Waals surface area (Å²) in [5, 5.41) is 22.7. The van der Waals surface area contributed by atoms with Crippen molar-refractivity contribution in [2.75, 3.05) is 0 Å². The molecule has 0 heterocycles. The standard InChI is InChI=1S/C6H4N4/c7-3-1-5-9-10-6-2-4-8/h1-2,5-6H. The molecule has 48 valence electrons. The van der Waals surface area contributed by atoms with Gasteiger partial charge in [-0.1, -0.05) is 0 Å². The fraction of sp³-hybridized carbons (Fsp3) is 0. The van der Waals surface area contributed by atoms with Crippen LogP contribution < -0.4 is 0 Å². The van der Waals surface area contributed by atoms with Gasteiger partial charge in [0.1, 0.15) is 0 Å². The van der Waals surface area contributed by atoms with Crippen LogP contribution in [0.2, 0.25) is 0 Å². The van der Waals surface area contributed by atoms with E-state index in [1.807, 2.05) is 0 Å². The Bertz CT molecular complexity index is 209. The van der Waals surface area contributed by atoms with E-state index in [4.69, 9.17) is 10.5 Å². The van der Waals surface area contributed by atoms with Crippen molar-refractivity contribution < 1.29 is 0 Å². The summed E-state index contributed by atoms with van der Waals surface area (Å²) in [6.07, 6.45) is 4.84. The molecular weight excluding hydrogens is 128 g/mol. The summed E-state index contributed by atoms with van der Waals surface area (Å²) in [7, 11) is 0. The Morgan fingerprint density at radius 2 is 1.30 bits per heavy atom. The van der Waals surface area contributed by atoms with Crippen LogP contribution in [0.15, 0.2) is 34.8 Å². The highest BCUT2D eigenvalue weighted by Gasteiger charge is 1.62. The van der Waals surface area contributed by atoms with E-state index in [0.29, 0.717) is 0 Å². The lowest BCUT2D eigenvalue weighted by atomic mass is 10.7. The third-order valence-electron chi connectivity index (χ3n) is 0.498. The maximum absolute atomic E-state index is 7.96. The lowest BCUT2D eigenvalue weighted by Gasteiger charge is -1.67. The second kappa shape index (κ2) is 7.06. The topological polar surface area (TPSA) is 72.3 Å². The van der Waals surface area contributed by atoms with Gasteiger partial charge in [-0.2, -0.15) is 20.8 Å². The van der Waals surface area contributed by atoms with Crippen LogP contribution >= 0.6 is 0 Å². The van der Waals surface area contributed by atoms with E-state index in [2.05, 4.69) is 10.2 Å². The van der Waals surface area contributed by atoms with Crippen molar-refractivity contribution in [3.05, 3.63) is 24.6 Å². The molecule has 0 aliphatic rings. The summed E-state index contributed by atoms with van der Waals surface area (Å²) in [5.74, 6) is 0. The SMILES string of the molecule is N#CC=CN=NC=CC#N. The molecule has 0 aliphatic carbocycles. The fourth-order valence-corrected chi connectivity index (χ4v) is 0.210. The fourth-order valence-electron chi connectivity index (χ4n) is 0.210. The zero-order chi connectivity index (χ0) is 7.66. The average molecular weight is 132 g/mol. The highest BCUT2D eigenvalue weighted by molar-refractivity contribution is 5.02. The molecule has 0 aliphatic heterocycles. The zero-order valence-corrected chi connectivity index (χ0v) is 5.10. The predicted octanol–water partition coefficient (Wildman–Crippen LogP) is 1.51. The zero-order valence-electron chi connectivity index (χ0n) is 5.10. The molecule has 4 nitrogen and oxygen atoms in total. The van der Waals surface area contributed by atoms with Gasteiger partial charge in [0.25, 0.3) is 0 Å². The summed E-state index contributed by atoms with van der Waals surface area (Å²) in [5.41, 5.74) is 0. The summed E-state index contributed by atoms with van der Waals surface area (Å²) in [6.45, 7) is 0. The molecule has 0 aromatic rings. The van der Waals surface area contributed by atoms with Crippen molar-refractivity contribution in [3.8, 4) is 12.1 Å². The first-order chi connectivity index (χ1) is 4.91. The summed E-state index contributed by atoms with van der Waals surface area (Å²) in [6, 6.07) is 3.47. The van der Waals surface area contributed by atoms with Gasteiger partial charge in [0.2, 0.25) is 0 Å². The first-order valence-corrected chi connectivity index (χ1v) is 2.41. The molecule has 0 rings (SSSR count). The van der Waals surface area contributed by atoms with Crippen LogP contribution in [0.3, 0.4) is 0 Å². The van der Waals surface area contributed by atoms with Crippen molar-refractivity contribution in [3.63, 3.8) is 0 Å². The van der Waals surface area contributed by atoms with Crippen LogP contribution in [0.25, 0.3) is 0 Å². The van der Waals surface area contributed by atoms with E-state index in [1.165, 1.54) is 24.6 Å². The van der Waals surface area contributed by atoms with Gasteiger partial charge < -0.3 is 0 Å². The smallest absolute Gasteiger partial charge is 0.0928 e. The lowest BCUT2D eigenvalue weighted by molar-refractivity contribution is 1.22. The summed E-state index contributed by atoms with van der Waals surface area (Å²) >= 11 is 0. The van der Waals surface area contributed by atoms with E-state index in [9.17, 15) is 0 Å². The number of hydrogen-bond donors (Lipinski definition) is 0. The molecule has 0 N–H and O–H groups in total. The number of hydrogen-bond acceptors (Lipinski definition) is 4. The van der Waals surface area contributed by atoms with Gasteiger partial charge in [0.15, 0.2) is 0 Å². The molecule has 0 bridgehead atoms. The number of rotatable bonds is 2. The molecule has 0 amide bonds. The largest absolute Gasteiger partial charge is 0.193 e. The summed E-state index contributed by atoms with van der Waals surface area (Å²) < 4.78 is 0. The Morgan fingerprint density at radius 1 is 0.900 bits per heavy atom. The van der Waals surface area contributed by atoms with Crippen LogP contribution in [0.5, 0.6) is 0 Å². The Morgan fingerprint density at radius 3 is 1.60 bits per heavy atom. The van der Waals surface area contributed by atoms with E-state index in [0.717, 1.165) is 0 Å². The van der Waals surface area contributed by atoms with E-state index in [1.54, 1.807) is 12.1 Å². The van der Waals surface area contributed by atoms with Gasteiger partial charge >= 0.3 is 0 Å². The first kappa shape index (κ1) is 8.06. The Kier molecular flexibility index (Phi) is 5.69. The van der Waals surface area contributed by atoms with E-state index < -0.39 is 0 Å². The number of allylic oxidation sites excluding steroid dienone is 2. The Balaban J connectivity index is 3.62. The van der Waals surface area contributed by atoms with Gasteiger partial charge in [-0.05, 0) is 0 Å². The molecular formula is C6H4N4. The van der Waals surface area contributed by atoms with Crippen LogP contribution in [-0.2, 0) is 0 Å². The normalized spacial score (nSPS) is 10.6. The Labute approximate surface area is 58.4 Å². The number of nitrogens with zero attached hydrogens (tertiary/aromatic N) is 4. The molecule has 10 heavy (non-hydrogen) atoms. The second-order valence-corrected chi connectivity index (χ2v) is 1.12. The van der Waals surface area contributed by atoms with Crippen molar-refractivity contribution in [2.24, 2.45) is 10.2 Å². The number of azo groups is 1. The summed E-state index contributed by atoms with van der Waals surface area (Å²) in [4.78, 5) is 0. The first-order valence-electron chi connectivity index (χ1n) is 2.41. The molecule has 4 heteroatoms. The van der Waals surface area contributed by atoms with Gasteiger partial charge in [-0.3, -0.25) is 0 Å². The van der Waals surface area contributed by atoms with Crippen LogP contribution in [-0.4, -0.2) is 0 Å². The number of nitriles is 2. The van der Waals surface area contributed by atoms with Crippen molar-refractivity contribution in [2.45, 2.75) is 0 Å². The minimum Gasteiger partial charge on any atom is -0.193 e. The molecule has 0 aromatic heterocycles. The molecule has 0 saturated heterocycles. The Hall–Kier alpha value is -1.94. The van der Waals surface area contributed by atoms with Crippen LogP contribution in [0, 0.1) is 22.7 Å². The van der Waals surface area contributed by atoms with Crippen LogP contribution in [0.1, 0.15) is 0 Å². The molecule has 0 aromatic carbocycles. The third kappa shape index (κ3) is 6.06. The lowest BCUT2D eigenvalue weighted by Crippen LogP contribution is -1.48. The highest BCUT2D eigenvalue weighted by Crippen LogP contribution is 1.79. The average Bonchev–Trinajstić information content (AvgIpc) is 1.97. The maximum Gasteiger partial charge on any atom is 0.0928 e. The predicted molar refractivity (Wildman–Crippen MR) is 34.4 cm³/mol. The highest BCUT2D eigenvalue weighted by atomic mass is 15.1.